The van der Waals surface area contributed by atoms with E-state index in [2.05, 4.69) is 36.1 Å². The maximum absolute atomic E-state index is 14.9. The summed E-state index contributed by atoms with van der Waals surface area (Å²) in [5.74, 6) is -5.80. The Hall–Kier alpha value is -4.12. The summed E-state index contributed by atoms with van der Waals surface area (Å²) in [7, 11) is 2.29. The molecule has 0 saturated heterocycles. The van der Waals surface area contributed by atoms with Gasteiger partial charge in [0.2, 0.25) is 0 Å². The van der Waals surface area contributed by atoms with Crippen molar-refractivity contribution in [2.24, 2.45) is 0 Å². The summed E-state index contributed by atoms with van der Waals surface area (Å²) in [5.41, 5.74) is 6.07. The maximum atomic E-state index is 14.9. The van der Waals surface area contributed by atoms with E-state index >= 15 is 0 Å². The van der Waals surface area contributed by atoms with E-state index in [4.69, 9.17) is 0 Å². The molecule has 1 aliphatic rings. The zero-order valence-electron chi connectivity index (χ0n) is 28.0. The molecule has 0 spiro atoms. The van der Waals surface area contributed by atoms with Gasteiger partial charge in [0.15, 0.2) is 29.1 Å². The monoisotopic (exact) mass is 684 g/mol. The third kappa shape index (κ3) is 6.74. The van der Waals surface area contributed by atoms with Crippen LogP contribution in [0.15, 0.2) is 84.9 Å². The SMILES string of the molecule is CCCC.CCCC[NH+]1Cc2c(-c3cc(F)c(F)c(F)c3)cc3ccccc3c2-c2c(c(-c3cc(F)c(F)c(P)c3)cc3ccccc23)C1. The Morgan fingerprint density at radius 1 is 0.571 bits per heavy atom. The average Bonchev–Trinajstić information content (AvgIpc) is 3.28. The van der Waals surface area contributed by atoms with Crippen LogP contribution in [0.2, 0.25) is 0 Å². The van der Waals surface area contributed by atoms with E-state index in [0.717, 1.165) is 80.9 Å². The van der Waals surface area contributed by atoms with Crippen molar-refractivity contribution in [3.05, 3.63) is 125 Å². The third-order valence-electron chi connectivity index (χ3n) is 9.46. The van der Waals surface area contributed by atoms with Gasteiger partial charge >= 0.3 is 0 Å². The summed E-state index contributed by atoms with van der Waals surface area (Å²) >= 11 is 0. The standard InChI is InChI=1S/C38H29F5NP.C4H10/c1-2-3-12-44-19-29-27(23-15-31(39)37(42)32(40)16-23)13-21-8-4-6-10-25(21)35(29)36-26-11-7-5-9-22(26)14-28(30(36)20-44)24-17-33(41)38(43)34(45)18-24;1-3-4-2/h4-11,13-18H,2-3,12,19-20,45H2,1H3;3-4H2,1-2H3/p+1. The Morgan fingerprint density at radius 2 is 1.02 bits per heavy atom. The van der Waals surface area contributed by atoms with Gasteiger partial charge < -0.3 is 4.90 Å². The molecule has 1 nitrogen and oxygen atoms in total. The second kappa shape index (κ2) is 14.8. The van der Waals surface area contributed by atoms with Gasteiger partial charge in [0, 0.05) is 27.6 Å². The Bertz CT molecular complexity index is 1980. The normalized spacial score (nSPS) is 13.9. The molecule has 0 bridgehead atoms. The van der Waals surface area contributed by atoms with Crippen LogP contribution in [-0.4, -0.2) is 6.54 Å². The predicted octanol–water partition coefficient (Wildman–Crippen LogP) is 10.7. The Morgan fingerprint density at radius 3 is 1.47 bits per heavy atom. The van der Waals surface area contributed by atoms with E-state index in [1.807, 2.05) is 54.6 Å². The Balaban J connectivity index is 0.000000989. The fourth-order valence-corrected chi connectivity index (χ4v) is 7.19. The molecule has 7 heteroatoms. The molecule has 6 aromatic rings. The smallest absolute Gasteiger partial charge is 0.194 e. The van der Waals surface area contributed by atoms with E-state index in [1.54, 1.807) is 6.07 Å². The highest BCUT2D eigenvalue weighted by Crippen LogP contribution is 2.46. The number of hydrogen-bond donors (Lipinski definition) is 1. The van der Waals surface area contributed by atoms with Gasteiger partial charge in [-0.2, -0.15) is 0 Å². The maximum Gasteiger partial charge on any atom is 0.194 e. The van der Waals surface area contributed by atoms with Crippen molar-refractivity contribution in [3.63, 3.8) is 0 Å². The van der Waals surface area contributed by atoms with Crippen molar-refractivity contribution in [2.45, 2.75) is 59.5 Å². The minimum Gasteiger partial charge on any atom is -0.327 e. The number of nitrogens with one attached hydrogen (secondary N) is 1. The highest BCUT2D eigenvalue weighted by Gasteiger charge is 2.31. The van der Waals surface area contributed by atoms with Crippen LogP contribution in [0.1, 0.15) is 57.6 Å². The zero-order valence-corrected chi connectivity index (χ0v) is 29.2. The molecular formula is C42H40F5NP+. The summed E-state index contributed by atoms with van der Waals surface area (Å²) in [6.07, 6.45) is 4.57. The summed E-state index contributed by atoms with van der Waals surface area (Å²) in [5, 5.41) is 3.90. The molecule has 0 saturated carbocycles. The van der Waals surface area contributed by atoms with Gasteiger partial charge in [-0.25, -0.2) is 22.0 Å². The molecule has 252 valence electrons. The second-order valence-corrected chi connectivity index (χ2v) is 13.4. The number of hydrogen-bond acceptors (Lipinski definition) is 0. The molecule has 2 atom stereocenters. The number of rotatable bonds is 6. The highest BCUT2D eigenvalue weighted by atomic mass is 31.0. The molecule has 7 rings (SSSR count). The van der Waals surface area contributed by atoms with Crippen molar-refractivity contribution in [3.8, 4) is 33.4 Å². The first-order chi connectivity index (χ1) is 23.7. The van der Waals surface area contributed by atoms with Gasteiger partial charge in [0.25, 0.3) is 0 Å². The first-order valence-electron chi connectivity index (χ1n) is 17.0. The topological polar surface area (TPSA) is 4.44 Å². The van der Waals surface area contributed by atoms with Crippen LogP contribution in [0.3, 0.4) is 0 Å². The lowest BCUT2D eigenvalue weighted by atomic mass is 9.82. The average molecular weight is 685 g/mol. The molecule has 1 N–H and O–H groups in total. The van der Waals surface area contributed by atoms with Crippen molar-refractivity contribution >= 4 is 36.1 Å². The Labute approximate surface area is 287 Å². The summed E-state index contributed by atoms with van der Waals surface area (Å²) in [6.45, 7) is 8.45. The van der Waals surface area contributed by atoms with E-state index in [0.29, 0.717) is 24.2 Å². The molecule has 6 aromatic carbocycles. The van der Waals surface area contributed by atoms with Crippen LogP contribution >= 0.6 is 9.24 Å². The van der Waals surface area contributed by atoms with Gasteiger partial charge in [-0.05, 0) is 86.6 Å². The third-order valence-corrected chi connectivity index (χ3v) is 9.88. The molecule has 0 amide bonds. The minimum atomic E-state index is -1.50. The summed E-state index contributed by atoms with van der Waals surface area (Å²) in [6, 6.07) is 24.9. The quantitative estimate of drug-likeness (QED) is 0.101. The van der Waals surface area contributed by atoms with E-state index in [1.165, 1.54) is 23.8 Å². The van der Waals surface area contributed by atoms with E-state index in [-0.39, 0.29) is 10.9 Å². The molecule has 0 fully saturated rings. The molecule has 0 aromatic heterocycles. The number of halogens is 5. The fraction of sp³-hybridized carbons (Fsp3) is 0.238. The molecule has 0 radical (unpaired) electrons. The number of unbranched alkanes of at least 4 members (excludes halogenated alkanes) is 2. The molecule has 49 heavy (non-hydrogen) atoms. The molecule has 1 heterocycles. The summed E-state index contributed by atoms with van der Waals surface area (Å²) in [4.78, 5) is 1.22. The zero-order chi connectivity index (χ0) is 34.8. The van der Waals surface area contributed by atoms with E-state index < -0.39 is 29.1 Å². The van der Waals surface area contributed by atoms with Gasteiger partial charge in [-0.3, -0.25) is 0 Å². The largest absolute Gasteiger partial charge is 0.327 e. The van der Waals surface area contributed by atoms with Gasteiger partial charge in [0.1, 0.15) is 13.1 Å². The lowest BCUT2D eigenvalue weighted by Gasteiger charge is -2.21. The van der Waals surface area contributed by atoms with Crippen molar-refractivity contribution in [2.75, 3.05) is 6.54 Å². The number of fused-ring (bicyclic) bond motifs is 7. The second-order valence-electron chi connectivity index (χ2n) is 12.8. The highest BCUT2D eigenvalue weighted by molar-refractivity contribution is 7.27. The van der Waals surface area contributed by atoms with Crippen molar-refractivity contribution in [1.29, 1.82) is 0 Å². The van der Waals surface area contributed by atoms with Crippen LogP contribution in [0.25, 0.3) is 54.9 Å². The first-order valence-corrected chi connectivity index (χ1v) is 17.6. The fourth-order valence-electron chi connectivity index (χ4n) is 6.88. The van der Waals surface area contributed by atoms with E-state index in [9.17, 15) is 22.0 Å². The van der Waals surface area contributed by atoms with Crippen LogP contribution in [0, 0.1) is 29.1 Å². The lowest BCUT2D eigenvalue weighted by molar-refractivity contribution is -0.927. The van der Waals surface area contributed by atoms with Crippen LogP contribution in [-0.2, 0) is 13.1 Å². The predicted molar refractivity (Wildman–Crippen MR) is 196 cm³/mol. The number of benzene rings is 6. The number of quaternary nitrogens is 1. The van der Waals surface area contributed by atoms with Gasteiger partial charge in [0.05, 0.1) is 6.54 Å². The molecular weight excluding hydrogens is 644 g/mol. The van der Waals surface area contributed by atoms with Crippen LogP contribution in [0.5, 0.6) is 0 Å². The molecule has 1 aliphatic heterocycles. The summed E-state index contributed by atoms with van der Waals surface area (Å²) < 4.78 is 72.9. The van der Waals surface area contributed by atoms with Gasteiger partial charge in [-0.15, -0.1) is 9.24 Å². The van der Waals surface area contributed by atoms with Gasteiger partial charge in [-0.1, -0.05) is 88.6 Å². The first kappa shape index (κ1) is 34.7. The Kier molecular flexibility index (Phi) is 10.5. The van der Waals surface area contributed by atoms with Crippen LogP contribution in [0.4, 0.5) is 22.0 Å². The van der Waals surface area contributed by atoms with Crippen molar-refractivity contribution in [1.82, 2.24) is 0 Å². The minimum absolute atomic E-state index is 0.143. The molecule has 0 aliphatic carbocycles. The van der Waals surface area contributed by atoms with Crippen molar-refractivity contribution < 1.29 is 26.9 Å². The molecule has 2 unspecified atom stereocenters. The lowest BCUT2D eigenvalue weighted by Crippen LogP contribution is -3.09. The van der Waals surface area contributed by atoms with Crippen LogP contribution < -0.4 is 10.2 Å².